The number of nitrogens with one attached hydrogen (secondary N) is 2. The third-order valence-electron chi connectivity index (χ3n) is 3.64. The predicted octanol–water partition coefficient (Wildman–Crippen LogP) is 4.74. The first-order valence-electron chi connectivity index (χ1n) is 7.74. The SMILES string of the molecule is Cc1ccc(C)c(Nc2ncc(C(=O)Nc3cccc(Cl)c3)cn2)c1. The zero-order valence-electron chi connectivity index (χ0n) is 13.9. The van der Waals surface area contributed by atoms with Gasteiger partial charge in [0.05, 0.1) is 5.56 Å². The van der Waals surface area contributed by atoms with Crippen molar-refractivity contribution in [3.63, 3.8) is 0 Å². The van der Waals surface area contributed by atoms with Crippen LogP contribution in [0.25, 0.3) is 0 Å². The highest BCUT2D eigenvalue weighted by atomic mass is 35.5. The predicted molar refractivity (Wildman–Crippen MR) is 101 cm³/mol. The van der Waals surface area contributed by atoms with Gasteiger partial charge in [-0.1, -0.05) is 29.8 Å². The average Bonchev–Trinajstić information content (AvgIpc) is 2.59. The summed E-state index contributed by atoms with van der Waals surface area (Å²) in [5.74, 6) is 0.147. The van der Waals surface area contributed by atoms with Crippen molar-refractivity contribution >= 4 is 34.8 Å². The number of aromatic nitrogens is 2. The van der Waals surface area contributed by atoms with Crippen LogP contribution in [0.4, 0.5) is 17.3 Å². The van der Waals surface area contributed by atoms with E-state index in [0.717, 1.165) is 16.8 Å². The molecule has 5 nitrogen and oxygen atoms in total. The Hall–Kier alpha value is -2.92. The van der Waals surface area contributed by atoms with Crippen molar-refractivity contribution in [1.82, 2.24) is 9.97 Å². The summed E-state index contributed by atoms with van der Waals surface area (Å²) in [7, 11) is 0. The summed E-state index contributed by atoms with van der Waals surface area (Å²) in [6.07, 6.45) is 2.97. The second-order valence-corrected chi connectivity index (χ2v) is 6.14. The molecule has 0 atom stereocenters. The molecule has 1 aromatic heterocycles. The third-order valence-corrected chi connectivity index (χ3v) is 3.87. The van der Waals surface area contributed by atoms with Crippen LogP contribution in [0.1, 0.15) is 21.5 Å². The van der Waals surface area contributed by atoms with E-state index >= 15 is 0 Å². The molecule has 0 bridgehead atoms. The molecule has 0 spiro atoms. The number of nitrogens with zero attached hydrogens (tertiary/aromatic N) is 2. The van der Waals surface area contributed by atoms with E-state index in [9.17, 15) is 4.79 Å². The summed E-state index contributed by atoms with van der Waals surface area (Å²) in [5, 5.41) is 6.48. The molecule has 3 rings (SSSR count). The van der Waals surface area contributed by atoms with Crippen molar-refractivity contribution in [2.75, 3.05) is 10.6 Å². The Labute approximate surface area is 151 Å². The van der Waals surface area contributed by atoms with Crippen LogP contribution in [0.3, 0.4) is 0 Å². The molecule has 126 valence electrons. The van der Waals surface area contributed by atoms with Gasteiger partial charge in [-0.05, 0) is 49.2 Å². The van der Waals surface area contributed by atoms with Gasteiger partial charge in [-0.15, -0.1) is 0 Å². The van der Waals surface area contributed by atoms with E-state index in [1.165, 1.54) is 12.4 Å². The van der Waals surface area contributed by atoms with Crippen LogP contribution in [0.2, 0.25) is 5.02 Å². The molecule has 0 aliphatic rings. The first-order chi connectivity index (χ1) is 12.0. The topological polar surface area (TPSA) is 66.9 Å². The summed E-state index contributed by atoms with van der Waals surface area (Å²) in [4.78, 5) is 20.7. The minimum Gasteiger partial charge on any atom is -0.324 e. The summed E-state index contributed by atoms with van der Waals surface area (Å²) in [5.41, 5.74) is 4.17. The molecule has 1 heterocycles. The molecule has 3 aromatic rings. The number of aryl methyl sites for hydroxylation is 2. The Kier molecular flexibility index (Phi) is 4.95. The monoisotopic (exact) mass is 352 g/mol. The molecule has 0 saturated heterocycles. The summed E-state index contributed by atoms with van der Waals surface area (Å²) in [6, 6.07) is 13.1. The number of benzene rings is 2. The Morgan fingerprint density at radius 2 is 1.80 bits per heavy atom. The van der Waals surface area contributed by atoms with Gasteiger partial charge in [-0.2, -0.15) is 0 Å². The number of hydrogen-bond donors (Lipinski definition) is 2. The van der Waals surface area contributed by atoms with Crippen molar-refractivity contribution in [1.29, 1.82) is 0 Å². The lowest BCUT2D eigenvalue weighted by Crippen LogP contribution is -2.13. The number of rotatable bonds is 4. The van der Waals surface area contributed by atoms with E-state index in [-0.39, 0.29) is 5.91 Å². The van der Waals surface area contributed by atoms with E-state index in [0.29, 0.717) is 22.2 Å². The van der Waals surface area contributed by atoms with E-state index in [1.54, 1.807) is 24.3 Å². The Morgan fingerprint density at radius 3 is 2.52 bits per heavy atom. The van der Waals surface area contributed by atoms with Crippen LogP contribution in [-0.4, -0.2) is 15.9 Å². The summed E-state index contributed by atoms with van der Waals surface area (Å²) < 4.78 is 0. The lowest BCUT2D eigenvalue weighted by atomic mass is 10.1. The third kappa shape index (κ3) is 4.33. The van der Waals surface area contributed by atoms with Gasteiger partial charge >= 0.3 is 0 Å². The lowest BCUT2D eigenvalue weighted by molar-refractivity contribution is 0.102. The first-order valence-corrected chi connectivity index (χ1v) is 8.12. The number of anilines is 3. The van der Waals surface area contributed by atoms with Crippen molar-refractivity contribution in [2.45, 2.75) is 13.8 Å². The smallest absolute Gasteiger partial charge is 0.258 e. The van der Waals surface area contributed by atoms with E-state index in [1.807, 2.05) is 32.0 Å². The minimum atomic E-state index is -0.291. The molecule has 0 radical (unpaired) electrons. The van der Waals surface area contributed by atoms with Gasteiger partial charge in [-0.25, -0.2) is 9.97 Å². The van der Waals surface area contributed by atoms with Gasteiger partial charge in [0, 0.05) is 28.8 Å². The maximum atomic E-state index is 12.2. The number of carbonyl (C=O) groups is 1. The Bertz CT molecular complexity index is 910. The fraction of sp³-hybridized carbons (Fsp3) is 0.105. The molecule has 1 amide bonds. The zero-order valence-corrected chi connectivity index (χ0v) is 14.6. The highest BCUT2D eigenvalue weighted by Gasteiger charge is 2.09. The molecule has 6 heteroatoms. The molecule has 0 aliphatic carbocycles. The van der Waals surface area contributed by atoms with E-state index in [2.05, 4.69) is 20.6 Å². The number of carbonyl (C=O) groups excluding carboxylic acids is 1. The van der Waals surface area contributed by atoms with Crippen LogP contribution in [0, 0.1) is 13.8 Å². The average molecular weight is 353 g/mol. The molecule has 2 aromatic carbocycles. The maximum Gasteiger partial charge on any atom is 0.258 e. The molecule has 0 unspecified atom stereocenters. The fourth-order valence-corrected chi connectivity index (χ4v) is 2.46. The minimum absolute atomic E-state index is 0.291. The first kappa shape index (κ1) is 16.9. The number of halogens is 1. The van der Waals surface area contributed by atoms with Crippen LogP contribution < -0.4 is 10.6 Å². The van der Waals surface area contributed by atoms with Crippen molar-refractivity contribution in [3.8, 4) is 0 Å². The van der Waals surface area contributed by atoms with Gasteiger partial charge in [0.25, 0.3) is 5.91 Å². The highest BCUT2D eigenvalue weighted by Crippen LogP contribution is 2.20. The second kappa shape index (κ2) is 7.32. The largest absolute Gasteiger partial charge is 0.324 e. The van der Waals surface area contributed by atoms with Gasteiger partial charge in [0.2, 0.25) is 5.95 Å². The molecular formula is C19H17ClN4O. The number of hydrogen-bond acceptors (Lipinski definition) is 4. The number of amides is 1. The van der Waals surface area contributed by atoms with Crippen LogP contribution >= 0.6 is 11.6 Å². The zero-order chi connectivity index (χ0) is 17.8. The van der Waals surface area contributed by atoms with Crippen LogP contribution in [0.5, 0.6) is 0 Å². The van der Waals surface area contributed by atoms with Gasteiger partial charge in [0.15, 0.2) is 0 Å². The Balaban J connectivity index is 1.71. The molecular weight excluding hydrogens is 336 g/mol. The van der Waals surface area contributed by atoms with Gasteiger partial charge < -0.3 is 10.6 Å². The maximum absolute atomic E-state index is 12.2. The molecule has 0 fully saturated rings. The fourth-order valence-electron chi connectivity index (χ4n) is 2.27. The second-order valence-electron chi connectivity index (χ2n) is 5.70. The van der Waals surface area contributed by atoms with Crippen molar-refractivity contribution in [3.05, 3.63) is 76.6 Å². The molecule has 0 saturated carbocycles. The highest BCUT2D eigenvalue weighted by molar-refractivity contribution is 6.30. The summed E-state index contributed by atoms with van der Waals surface area (Å²) in [6.45, 7) is 4.03. The lowest BCUT2D eigenvalue weighted by Gasteiger charge is -2.09. The van der Waals surface area contributed by atoms with Crippen LogP contribution in [0.15, 0.2) is 54.9 Å². The van der Waals surface area contributed by atoms with E-state index < -0.39 is 0 Å². The molecule has 25 heavy (non-hydrogen) atoms. The molecule has 0 aliphatic heterocycles. The van der Waals surface area contributed by atoms with Gasteiger partial charge in [0.1, 0.15) is 0 Å². The summed E-state index contributed by atoms with van der Waals surface area (Å²) >= 11 is 5.91. The van der Waals surface area contributed by atoms with Crippen molar-refractivity contribution < 1.29 is 4.79 Å². The van der Waals surface area contributed by atoms with Gasteiger partial charge in [-0.3, -0.25) is 4.79 Å². The Morgan fingerprint density at radius 1 is 1.04 bits per heavy atom. The van der Waals surface area contributed by atoms with E-state index in [4.69, 9.17) is 11.6 Å². The normalized spacial score (nSPS) is 10.4. The van der Waals surface area contributed by atoms with Crippen molar-refractivity contribution in [2.24, 2.45) is 0 Å². The van der Waals surface area contributed by atoms with Crippen LogP contribution in [-0.2, 0) is 0 Å². The molecule has 2 N–H and O–H groups in total. The standard InChI is InChI=1S/C19H17ClN4O/c1-12-6-7-13(2)17(8-12)24-19-21-10-14(11-22-19)18(25)23-16-5-3-4-15(20)9-16/h3-11H,1-2H3,(H,23,25)(H,21,22,24). The quantitative estimate of drug-likeness (QED) is 0.711.